The Morgan fingerprint density at radius 3 is 2.23 bits per heavy atom. The van der Waals surface area contributed by atoms with Crippen LogP contribution in [0.3, 0.4) is 0 Å². The molecule has 2 aliphatic rings. The number of hydrogen-bond donors (Lipinski definition) is 0. The number of hydrazine groups is 1. The second-order valence-electron chi connectivity index (χ2n) is 4.16. The van der Waals surface area contributed by atoms with Crippen molar-refractivity contribution in [2.75, 3.05) is 19.6 Å². The quantitative estimate of drug-likeness (QED) is 0.611. The summed E-state index contributed by atoms with van der Waals surface area (Å²) in [5, 5.41) is 4.94. The van der Waals surface area contributed by atoms with E-state index in [1.165, 1.54) is 63.9 Å². The molecule has 0 spiro atoms. The average molecular weight is 180 g/mol. The minimum Gasteiger partial charge on any atom is -0.311 e. The van der Waals surface area contributed by atoms with Crippen LogP contribution in [0, 0.1) is 0 Å². The van der Waals surface area contributed by atoms with E-state index in [9.17, 15) is 0 Å². The highest BCUT2D eigenvalue weighted by Crippen LogP contribution is 2.23. The van der Waals surface area contributed by atoms with E-state index in [2.05, 4.69) is 16.6 Å². The van der Waals surface area contributed by atoms with E-state index < -0.39 is 0 Å². The monoisotopic (exact) mass is 180 g/mol. The lowest BCUT2D eigenvalue weighted by Gasteiger charge is -2.42. The molecule has 2 heterocycles. The summed E-state index contributed by atoms with van der Waals surface area (Å²) in [4.78, 5) is 0. The smallest absolute Gasteiger partial charge is 0.0343 e. The van der Waals surface area contributed by atoms with Crippen LogP contribution in [0.2, 0.25) is 0 Å². The minimum absolute atomic E-state index is 1.20. The molecule has 0 amide bonds. The molecule has 2 fully saturated rings. The van der Waals surface area contributed by atoms with Crippen molar-refractivity contribution in [2.45, 2.75) is 38.5 Å². The van der Waals surface area contributed by atoms with Gasteiger partial charge in [0.2, 0.25) is 0 Å². The first kappa shape index (κ1) is 9.07. The Labute approximate surface area is 81.2 Å². The maximum atomic E-state index is 4.16. The van der Waals surface area contributed by atoms with Crippen molar-refractivity contribution in [3.63, 3.8) is 0 Å². The van der Waals surface area contributed by atoms with Crippen LogP contribution in [-0.2, 0) is 0 Å². The van der Waals surface area contributed by atoms with E-state index in [1.807, 2.05) is 0 Å². The van der Waals surface area contributed by atoms with Gasteiger partial charge in [0.05, 0.1) is 0 Å². The molecule has 0 radical (unpaired) electrons. The highest BCUT2D eigenvalue weighted by Gasteiger charge is 2.21. The fourth-order valence-electron chi connectivity index (χ4n) is 2.34. The number of rotatable bonds is 1. The number of hydrogen-bond acceptors (Lipinski definition) is 2. The van der Waals surface area contributed by atoms with Gasteiger partial charge in [0.25, 0.3) is 0 Å². The maximum absolute atomic E-state index is 4.16. The zero-order valence-electron chi connectivity index (χ0n) is 8.47. The van der Waals surface area contributed by atoms with Crippen LogP contribution in [-0.4, -0.2) is 29.7 Å². The second kappa shape index (κ2) is 4.14. The van der Waals surface area contributed by atoms with Gasteiger partial charge >= 0.3 is 0 Å². The predicted molar refractivity (Wildman–Crippen MR) is 55.1 cm³/mol. The van der Waals surface area contributed by atoms with Gasteiger partial charge < -0.3 is 5.01 Å². The molecule has 0 aromatic heterocycles. The van der Waals surface area contributed by atoms with Gasteiger partial charge in [-0.1, -0.05) is 13.0 Å². The lowest BCUT2D eigenvalue weighted by atomic mass is 10.1. The van der Waals surface area contributed by atoms with Crippen molar-refractivity contribution >= 4 is 0 Å². The summed E-state index contributed by atoms with van der Waals surface area (Å²) < 4.78 is 0. The minimum atomic E-state index is 1.20. The van der Waals surface area contributed by atoms with E-state index in [-0.39, 0.29) is 0 Å². The van der Waals surface area contributed by atoms with Gasteiger partial charge in [-0.05, 0) is 32.1 Å². The summed E-state index contributed by atoms with van der Waals surface area (Å²) in [6, 6.07) is 0. The Kier molecular flexibility index (Phi) is 2.89. The lowest BCUT2D eigenvalue weighted by Crippen LogP contribution is -2.46. The van der Waals surface area contributed by atoms with Crippen LogP contribution >= 0.6 is 0 Å². The topological polar surface area (TPSA) is 6.48 Å². The summed E-state index contributed by atoms with van der Waals surface area (Å²) in [6.07, 6.45) is 8.03. The molecule has 2 heteroatoms. The first-order chi connectivity index (χ1) is 6.38. The molecule has 13 heavy (non-hydrogen) atoms. The van der Waals surface area contributed by atoms with E-state index in [1.54, 1.807) is 0 Å². The lowest BCUT2D eigenvalue weighted by molar-refractivity contribution is -0.0207. The van der Waals surface area contributed by atoms with Crippen molar-refractivity contribution < 1.29 is 0 Å². The van der Waals surface area contributed by atoms with Crippen LogP contribution in [0.5, 0.6) is 0 Å². The normalized spacial score (nSPS) is 26.5. The zero-order valence-corrected chi connectivity index (χ0v) is 8.47. The molecule has 2 rings (SSSR count). The van der Waals surface area contributed by atoms with Crippen LogP contribution in [0.1, 0.15) is 38.5 Å². The maximum Gasteiger partial charge on any atom is 0.0343 e. The van der Waals surface area contributed by atoms with Gasteiger partial charge in [-0.25, -0.2) is 5.01 Å². The number of allylic oxidation sites excluding steroid dienone is 1. The summed E-state index contributed by atoms with van der Waals surface area (Å²) in [5.41, 5.74) is 1.34. The molecule has 0 aromatic carbocycles. The fourth-order valence-corrected chi connectivity index (χ4v) is 2.34. The summed E-state index contributed by atoms with van der Waals surface area (Å²) >= 11 is 0. The summed E-state index contributed by atoms with van der Waals surface area (Å²) in [6.45, 7) is 7.86. The molecule has 74 valence electrons. The third-order valence-electron chi connectivity index (χ3n) is 3.12. The molecular formula is C11H20N2. The Morgan fingerprint density at radius 1 is 0.846 bits per heavy atom. The Morgan fingerprint density at radius 2 is 1.54 bits per heavy atom. The van der Waals surface area contributed by atoms with Crippen LogP contribution in [0.25, 0.3) is 0 Å². The molecule has 0 aliphatic carbocycles. The second-order valence-corrected chi connectivity index (χ2v) is 4.16. The molecule has 0 saturated carbocycles. The highest BCUT2D eigenvalue weighted by atomic mass is 15.6. The van der Waals surface area contributed by atoms with Gasteiger partial charge in [0.1, 0.15) is 0 Å². The van der Waals surface area contributed by atoms with Crippen LogP contribution < -0.4 is 0 Å². The highest BCUT2D eigenvalue weighted by molar-refractivity contribution is 4.95. The molecular weight excluding hydrogens is 160 g/mol. The Bertz CT molecular complexity index is 183. The molecule has 0 aromatic rings. The first-order valence-electron chi connectivity index (χ1n) is 5.58. The van der Waals surface area contributed by atoms with Gasteiger partial charge in [-0.2, -0.15) is 0 Å². The molecule has 2 nitrogen and oxygen atoms in total. The first-order valence-corrected chi connectivity index (χ1v) is 5.58. The molecule has 0 N–H and O–H groups in total. The van der Waals surface area contributed by atoms with Gasteiger partial charge in [0, 0.05) is 25.3 Å². The Balaban J connectivity index is 1.92. The van der Waals surface area contributed by atoms with Crippen molar-refractivity contribution in [3.05, 3.63) is 12.3 Å². The van der Waals surface area contributed by atoms with E-state index in [0.29, 0.717) is 0 Å². The van der Waals surface area contributed by atoms with Crippen molar-refractivity contribution in [2.24, 2.45) is 0 Å². The van der Waals surface area contributed by atoms with E-state index in [0.717, 1.165) is 0 Å². The number of piperidine rings is 2. The van der Waals surface area contributed by atoms with Crippen LogP contribution in [0.4, 0.5) is 0 Å². The molecule has 0 bridgehead atoms. The van der Waals surface area contributed by atoms with E-state index >= 15 is 0 Å². The van der Waals surface area contributed by atoms with Gasteiger partial charge in [-0.15, -0.1) is 0 Å². The third-order valence-corrected chi connectivity index (χ3v) is 3.12. The predicted octanol–water partition coefficient (Wildman–Crippen LogP) is 2.39. The third kappa shape index (κ3) is 2.05. The molecule has 2 aliphatic heterocycles. The largest absolute Gasteiger partial charge is 0.311 e. The van der Waals surface area contributed by atoms with Crippen molar-refractivity contribution in [1.29, 1.82) is 0 Å². The summed E-state index contributed by atoms with van der Waals surface area (Å²) in [5.74, 6) is 0. The zero-order chi connectivity index (χ0) is 9.10. The standard InChI is InChI=1S/C11H20N2/c1-11-7-3-6-10-13(11)12-8-4-2-5-9-12/h1-10H2. The molecule has 2 saturated heterocycles. The average Bonchev–Trinajstić information content (AvgIpc) is 2.20. The van der Waals surface area contributed by atoms with Gasteiger partial charge in [0.15, 0.2) is 0 Å². The SMILES string of the molecule is C=C1CCCCN1N1CCCCC1. The van der Waals surface area contributed by atoms with Crippen LogP contribution in [0.15, 0.2) is 12.3 Å². The molecule has 0 atom stereocenters. The fraction of sp³-hybridized carbons (Fsp3) is 0.818. The Hall–Kier alpha value is -0.500. The summed E-state index contributed by atoms with van der Waals surface area (Å²) in [7, 11) is 0. The van der Waals surface area contributed by atoms with E-state index in [4.69, 9.17) is 0 Å². The van der Waals surface area contributed by atoms with Gasteiger partial charge in [-0.3, -0.25) is 0 Å². The van der Waals surface area contributed by atoms with Crippen molar-refractivity contribution in [1.82, 2.24) is 10.0 Å². The van der Waals surface area contributed by atoms with Crippen molar-refractivity contribution in [3.8, 4) is 0 Å². The molecule has 0 unspecified atom stereocenters. The number of nitrogens with zero attached hydrogens (tertiary/aromatic N) is 2.